The van der Waals surface area contributed by atoms with Crippen LogP contribution < -0.4 is 5.32 Å². The number of aromatic nitrogens is 4. The molecular weight excluding hydrogens is 530 g/mol. The number of fused-ring (bicyclic) bond motifs is 2. The second-order valence-corrected chi connectivity index (χ2v) is 11.2. The minimum absolute atomic E-state index is 0.295. The molecular formula is C33H33N5O2S. The van der Waals surface area contributed by atoms with Gasteiger partial charge in [-0.25, -0.2) is 9.97 Å². The topological polar surface area (TPSA) is 89.8 Å². The number of hydrogen-bond donors (Lipinski definition) is 2. The SMILES string of the molecule is CCCC(NC(=O)c1ccc2c(c1)nc(-c1ccc3nc(-c4ccccc4)cnc3c1)n2C1CCCCC1)C(=O)S. The van der Waals surface area contributed by atoms with E-state index in [1.807, 2.05) is 67.7 Å². The summed E-state index contributed by atoms with van der Waals surface area (Å²) in [6.45, 7) is 1.97. The fourth-order valence-electron chi connectivity index (χ4n) is 5.84. The van der Waals surface area contributed by atoms with Crippen LogP contribution in [-0.4, -0.2) is 36.6 Å². The fourth-order valence-corrected chi connectivity index (χ4v) is 6.03. The van der Waals surface area contributed by atoms with Gasteiger partial charge in [-0.1, -0.05) is 62.9 Å². The molecule has 1 aliphatic carbocycles. The van der Waals surface area contributed by atoms with Gasteiger partial charge in [0.1, 0.15) is 5.82 Å². The highest BCUT2D eigenvalue weighted by Crippen LogP contribution is 2.37. The van der Waals surface area contributed by atoms with Gasteiger partial charge >= 0.3 is 0 Å². The lowest BCUT2D eigenvalue weighted by atomic mass is 9.94. The van der Waals surface area contributed by atoms with Gasteiger partial charge in [0.2, 0.25) is 5.12 Å². The largest absolute Gasteiger partial charge is 0.341 e. The number of benzene rings is 3. The maximum absolute atomic E-state index is 13.1. The number of carbonyl (C=O) groups is 2. The van der Waals surface area contributed by atoms with Gasteiger partial charge in [0.25, 0.3) is 5.91 Å². The van der Waals surface area contributed by atoms with Crippen molar-refractivity contribution in [2.75, 3.05) is 0 Å². The number of carbonyl (C=O) groups excluding carboxylic acids is 2. The quantitative estimate of drug-likeness (QED) is 0.195. The Hall–Kier alpha value is -4.04. The van der Waals surface area contributed by atoms with Crippen LogP contribution >= 0.6 is 12.6 Å². The van der Waals surface area contributed by atoms with Crippen LogP contribution in [0.1, 0.15) is 68.3 Å². The fraction of sp³-hybridized carbons (Fsp3) is 0.303. The predicted octanol–water partition coefficient (Wildman–Crippen LogP) is 7.17. The first kappa shape index (κ1) is 27.1. The van der Waals surface area contributed by atoms with Crippen LogP contribution in [0.5, 0.6) is 0 Å². The van der Waals surface area contributed by atoms with Crippen LogP contribution in [0.4, 0.5) is 0 Å². The van der Waals surface area contributed by atoms with Crippen molar-refractivity contribution in [3.8, 4) is 22.6 Å². The van der Waals surface area contributed by atoms with E-state index in [9.17, 15) is 9.59 Å². The third-order valence-electron chi connectivity index (χ3n) is 7.94. The molecule has 1 amide bonds. The summed E-state index contributed by atoms with van der Waals surface area (Å²) in [7, 11) is 0. The van der Waals surface area contributed by atoms with E-state index in [0.717, 1.165) is 64.0 Å². The van der Waals surface area contributed by atoms with Crippen LogP contribution in [0.2, 0.25) is 0 Å². The maximum Gasteiger partial charge on any atom is 0.251 e. The zero-order valence-electron chi connectivity index (χ0n) is 23.1. The van der Waals surface area contributed by atoms with Gasteiger partial charge in [-0.15, -0.1) is 12.6 Å². The summed E-state index contributed by atoms with van der Waals surface area (Å²) in [5.41, 5.74) is 6.72. The number of rotatable bonds is 8. The zero-order chi connectivity index (χ0) is 28.3. The normalized spacial score (nSPS) is 14.8. The van der Waals surface area contributed by atoms with Gasteiger partial charge in [0.05, 0.1) is 40.0 Å². The first-order chi connectivity index (χ1) is 20.0. The molecule has 208 valence electrons. The number of thiol groups is 1. The molecule has 1 aliphatic rings. The first-order valence-electron chi connectivity index (χ1n) is 14.4. The highest BCUT2D eigenvalue weighted by atomic mass is 32.1. The molecule has 0 aliphatic heterocycles. The summed E-state index contributed by atoms with van der Waals surface area (Å²) in [4.78, 5) is 39.6. The zero-order valence-corrected chi connectivity index (χ0v) is 24.0. The average molecular weight is 564 g/mol. The second-order valence-electron chi connectivity index (χ2n) is 10.8. The second kappa shape index (κ2) is 11.8. The molecule has 2 heterocycles. The Morgan fingerprint density at radius 1 is 0.927 bits per heavy atom. The highest BCUT2D eigenvalue weighted by Gasteiger charge is 2.24. The smallest absolute Gasteiger partial charge is 0.251 e. The number of nitrogens with one attached hydrogen (secondary N) is 1. The van der Waals surface area contributed by atoms with E-state index in [4.69, 9.17) is 15.0 Å². The Morgan fingerprint density at radius 3 is 2.49 bits per heavy atom. The Morgan fingerprint density at radius 2 is 1.73 bits per heavy atom. The average Bonchev–Trinajstić information content (AvgIpc) is 3.40. The van der Waals surface area contributed by atoms with E-state index in [1.54, 1.807) is 0 Å². The minimum Gasteiger partial charge on any atom is -0.341 e. The molecule has 6 rings (SSSR count). The summed E-state index contributed by atoms with van der Waals surface area (Å²) in [5.74, 6) is 0.575. The van der Waals surface area contributed by atoms with Crippen LogP contribution in [0.25, 0.3) is 44.7 Å². The summed E-state index contributed by atoms with van der Waals surface area (Å²) in [6.07, 6.45) is 8.95. The molecule has 0 saturated heterocycles. The Labute approximate surface area is 244 Å². The highest BCUT2D eigenvalue weighted by molar-refractivity contribution is 7.96. The van der Waals surface area contributed by atoms with Crippen molar-refractivity contribution in [1.29, 1.82) is 0 Å². The molecule has 0 bridgehead atoms. The third kappa shape index (κ3) is 5.61. The number of imidazole rings is 1. The van der Waals surface area contributed by atoms with Crippen LogP contribution in [0, 0.1) is 0 Å². The lowest BCUT2D eigenvalue weighted by molar-refractivity contribution is -0.112. The third-order valence-corrected chi connectivity index (χ3v) is 8.25. The van der Waals surface area contributed by atoms with Gasteiger partial charge in [-0.05, 0) is 55.7 Å². The van der Waals surface area contributed by atoms with E-state index in [0.29, 0.717) is 18.0 Å². The molecule has 0 radical (unpaired) electrons. The van der Waals surface area contributed by atoms with Crippen LogP contribution in [0.15, 0.2) is 72.9 Å². The van der Waals surface area contributed by atoms with E-state index < -0.39 is 6.04 Å². The van der Waals surface area contributed by atoms with Gasteiger partial charge in [0, 0.05) is 22.7 Å². The van der Waals surface area contributed by atoms with E-state index in [1.165, 1.54) is 19.3 Å². The number of amides is 1. The number of hydrogen-bond acceptors (Lipinski definition) is 5. The standard InChI is InChI=1S/C33H33N5O2S/c1-2-9-26(33(40)41)37-32(39)23-15-17-30-28(19-23)36-31(38(30)24-12-7-4-8-13-24)22-14-16-25-27(18-22)34-20-29(35-25)21-10-5-3-6-11-21/h3,5-6,10-11,14-20,24,26H,2,4,7-9,12-13H2,1H3,(H,37,39)(H,40,41). The summed E-state index contributed by atoms with van der Waals surface area (Å²) < 4.78 is 2.35. The lowest BCUT2D eigenvalue weighted by Crippen LogP contribution is -2.38. The molecule has 41 heavy (non-hydrogen) atoms. The summed E-state index contributed by atoms with van der Waals surface area (Å²) in [5, 5.41) is 2.50. The molecule has 1 atom stereocenters. The Kier molecular flexibility index (Phi) is 7.83. The van der Waals surface area contributed by atoms with Crippen molar-refractivity contribution >= 4 is 45.7 Å². The van der Waals surface area contributed by atoms with E-state index >= 15 is 0 Å². The minimum atomic E-state index is -0.608. The van der Waals surface area contributed by atoms with Crippen molar-refractivity contribution in [1.82, 2.24) is 24.8 Å². The molecule has 1 saturated carbocycles. The summed E-state index contributed by atoms with van der Waals surface area (Å²) >= 11 is 3.96. The van der Waals surface area contributed by atoms with Crippen LogP contribution in [-0.2, 0) is 4.79 Å². The van der Waals surface area contributed by atoms with Crippen molar-refractivity contribution in [2.24, 2.45) is 0 Å². The molecule has 5 aromatic rings. The molecule has 7 nitrogen and oxygen atoms in total. The summed E-state index contributed by atoms with van der Waals surface area (Å²) in [6, 6.07) is 21.5. The van der Waals surface area contributed by atoms with Crippen molar-refractivity contribution in [2.45, 2.75) is 64.0 Å². The van der Waals surface area contributed by atoms with Crippen molar-refractivity contribution < 1.29 is 9.59 Å². The predicted molar refractivity (Wildman–Crippen MR) is 166 cm³/mol. The lowest BCUT2D eigenvalue weighted by Gasteiger charge is -2.25. The first-order valence-corrected chi connectivity index (χ1v) is 14.8. The van der Waals surface area contributed by atoms with Crippen molar-refractivity contribution in [3.05, 3.63) is 78.5 Å². The molecule has 1 fully saturated rings. The molecule has 3 aromatic carbocycles. The van der Waals surface area contributed by atoms with Crippen LogP contribution in [0.3, 0.4) is 0 Å². The van der Waals surface area contributed by atoms with Gasteiger partial charge in [-0.3, -0.25) is 14.6 Å². The molecule has 0 spiro atoms. The van der Waals surface area contributed by atoms with Crippen molar-refractivity contribution in [3.63, 3.8) is 0 Å². The maximum atomic E-state index is 13.1. The molecule has 8 heteroatoms. The Balaban J connectivity index is 1.40. The van der Waals surface area contributed by atoms with E-state index in [-0.39, 0.29) is 11.0 Å². The molecule has 1 unspecified atom stereocenters. The van der Waals surface area contributed by atoms with Gasteiger partial charge in [0.15, 0.2) is 0 Å². The number of nitrogens with zero attached hydrogens (tertiary/aromatic N) is 4. The Bertz CT molecular complexity index is 1730. The molecule has 2 aromatic heterocycles. The monoisotopic (exact) mass is 563 g/mol. The van der Waals surface area contributed by atoms with Gasteiger partial charge < -0.3 is 9.88 Å². The van der Waals surface area contributed by atoms with E-state index in [2.05, 4.69) is 34.6 Å². The van der Waals surface area contributed by atoms with Gasteiger partial charge in [-0.2, -0.15) is 0 Å². The molecule has 1 N–H and O–H groups in total.